The van der Waals surface area contributed by atoms with Gasteiger partial charge in [-0.25, -0.2) is 4.79 Å². The summed E-state index contributed by atoms with van der Waals surface area (Å²) in [7, 11) is 0. The van der Waals surface area contributed by atoms with Crippen molar-refractivity contribution in [2.24, 2.45) is 5.92 Å². The molecule has 2 aliphatic rings. The van der Waals surface area contributed by atoms with Crippen LogP contribution >= 0.6 is 11.8 Å². The zero-order chi connectivity index (χ0) is 23.8. The van der Waals surface area contributed by atoms with Gasteiger partial charge in [-0.2, -0.15) is 0 Å². The van der Waals surface area contributed by atoms with E-state index in [9.17, 15) is 19.2 Å². The van der Waals surface area contributed by atoms with Crippen LogP contribution in [-0.4, -0.2) is 53.5 Å². The average molecular weight is 467 g/mol. The third-order valence-corrected chi connectivity index (χ3v) is 6.74. The molecule has 2 aromatic carbocycles. The van der Waals surface area contributed by atoms with Crippen molar-refractivity contribution in [3.05, 3.63) is 59.7 Å². The normalized spacial score (nSPS) is 19.5. The molecule has 0 aliphatic carbocycles. The van der Waals surface area contributed by atoms with Crippen molar-refractivity contribution in [3.63, 3.8) is 0 Å². The minimum Gasteiger partial charge on any atom is -0.454 e. The number of anilines is 1. The van der Waals surface area contributed by atoms with Gasteiger partial charge in [0, 0.05) is 29.8 Å². The Kier molecular flexibility index (Phi) is 6.30. The summed E-state index contributed by atoms with van der Waals surface area (Å²) >= 11 is 1.56. The molecular formula is C25H26N2O5S. The number of ether oxygens (including phenoxy) is 1. The standard InChI is InChI=1S/C25H26N2O5S/c1-16(2)14-26-23(30)19-6-4-5-7-20(19)27-22(29)12-13-25(26,27)24(31)32-15-21(28)17-8-10-18(33-3)11-9-17/h4-11,16H,12-15H2,1-3H3. The van der Waals surface area contributed by atoms with Crippen LogP contribution in [0, 0.1) is 5.92 Å². The molecule has 8 heteroatoms. The van der Waals surface area contributed by atoms with Crippen molar-refractivity contribution >= 4 is 41.0 Å². The largest absolute Gasteiger partial charge is 0.454 e. The van der Waals surface area contributed by atoms with Crippen LogP contribution in [0.2, 0.25) is 0 Å². The van der Waals surface area contributed by atoms with Crippen LogP contribution in [0.4, 0.5) is 5.69 Å². The third kappa shape index (κ3) is 3.93. The number of rotatable bonds is 7. The number of nitrogens with zero attached hydrogens (tertiary/aromatic N) is 2. The smallest absolute Gasteiger partial charge is 0.354 e. The highest BCUT2D eigenvalue weighted by atomic mass is 32.2. The number of amides is 2. The maximum atomic E-state index is 13.6. The quantitative estimate of drug-likeness (QED) is 0.351. The van der Waals surface area contributed by atoms with E-state index in [0.29, 0.717) is 16.8 Å². The lowest BCUT2D eigenvalue weighted by molar-refractivity contribution is -0.156. The van der Waals surface area contributed by atoms with Gasteiger partial charge in [0.05, 0.1) is 11.3 Å². The maximum Gasteiger partial charge on any atom is 0.354 e. The van der Waals surface area contributed by atoms with Crippen LogP contribution in [0.15, 0.2) is 53.4 Å². The number of hydrogen-bond acceptors (Lipinski definition) is 6. The predicted molar refractivity (Wildman–Crippen MR) is 125 cm³/mol. The van der Waals surface area contributed by atoms with Crippen LogP contribution < -0.4 is 4.90 Å². The van der Waals surface area contributed by atoms with Crippen molar-refractivity contribution in [1.82, 2.24) is 4.90 Å². The van der Waals surface area contributed by atoms with E-state index in [1.807, 2.05) is 32.2 Å². The van der Waals surface area contributed by atoms with Gasteiger partial charge in [0.1, 0.15) is 0 Å². The van der Waals surface area contributed by atoms with E-state index in [-0.39, 0.29) is 42.9 Å². The van der Waals surface area contributed by atoms with Crippen LogP contribution in [0.25, 0.3) is 0 Å². The Morgan fingerprint density at radius 2 is 1.79 bits per heavy atom. The molecule has 0 saturated carbocycles. The number of carbonyl (C=O) groups excluding carboxylic acids is 4. The van der Waals surface area contributed by atoms with E-state index < -0.39 is 18.2 Å². The van der Waals surface area contributed by atoms with Gasteiger partial charge in [0.15, 0.2) is 12.4 Å². The Morgan fingerprint density at radius 1 is 1.09 bits per heavy atom. The van der Waals surface area contributed by atoms with Gasteiger partial charge >= 0.3 is 5.97 Å². The molecule has 0 spiro atoms. The van der Waals surface area contributed by atoms with E-state index in [2.05, 4.69) is 0 Å². The number of esters is 1. The zero-order valence-corrected chi connectivity index (χ0v) is 19.7. The van der Waals surface area contributed by atoms with Gasteiger partial charge in [-0.05, 0) is 36.4 Å². The van der Waals surface area contributed by atoms with E-state index in [4.69, 9.17) is 4.74 Å². The fourth-order valence-corrected chi connectivity index (χ4v) is 4.88. The van der Waals surface area contributed by atoms with Gasteiger partial charge in [0.25, 0.3) is 5.91 Å². The molecule has 1 atom stereocenters. The molecule has 2 amide bonds. The molecule has 0 radical (unpaired) electrons. The lowest BCUT2D eigenvalue weighted by Gasteiger charge is -2.48. The Morgan fingerprint density at radius 3 is 2.45 bits per heavy atom. The number of fused-ring (bicyclic) bond motifs is 3. The predicted octanol–water partition coefficient (Wildman–Crippen LogP) is 3.77. The first-order valence-electron chi connectivity index (χ1n) is 10.9. The van der Waals surface area contributed by atoms with Gasteiger partial charge in [0.2, 0.25) is 11.6 Å². The molecule has 172 valence electrons. The van der Waals surface area contributed by atoms with Crippen molar-refractivity contribution < 1.29 is 23.9 Å². The molecule has 0 bridgehead atoms. The number of ketones is 1. The molecule has 2 aliphatic heterocycles. The summed E-state index contributed by atoms with van der Waals surface area (Å²) in [6.07, 6.45) is 2.17. The van der Waals surface area contributed by atoms with E-state index >= 15 is 0 Å². The number of carbonyl (C=O) groups is 4. The Bertz CT molecular complexity index is 1110. The monoisotopic (exact) mass is 466 g/mol. The molecule has 33 heavy (non-hydrogen) atoms. The second kappa shape index (κ2) is 9.02. The van der Waals surface area contributed by atoms with Crippen molar-refractivity contribution in [3.8, 4) is 0 Å². The third-order valence-electron chi connectivity index (χ3n) is 5.99. The lowest BCUT2D eigenvalue weighted by atomic mass is 9.95. The SMILES string of the molecule is CSc1ccc(C(=O)COC(=O)C23CCC(=O)N2c2ccccc2C(=O)N3CC(C)C)cc1. The Hall–Kier alpha value is -3.13. The number of hydrogen-bond donors (Lipinski definition) is 0. The Balaban J connectivity index is 1.66. The van der Waals surface area contributed by atoms with Gasteiger partial charge in [-0.3, -0.25) is 19.3 Å². The van der Waals surface area contributed by atoms with Crippen LogP contribution in [0.5, 0.6) is 0 Å². The van der Waals surface area contributed by atoms with Crippen LogP contribution in [0.3, 0.4) is 0 Å². The molecule has 0 aromatic heterocycles. The highest BCUT2D eigenvalue weighted by Gasteiger charge is 2.62. The van der Waals surface area contributed by atoms with Crippen molar-refractivity contribution in [2.45, 2.75) is 37.2 Å². The topological polar surface area (TPSA) is 84.0 Å². The molecule has 1 unspecified atom stereocenters. The number of thioether (sulfide) groups is 1. The summed E-state index contributed by atoms with van der Waals surface area (Å²) in [4.78, 5) is 56.5. The zero-order valence-electron chi connectivity index (χ0n) is 18.9. The summed E-state index contributed by atoms with van der Waals surface area (Å²) in [5.74, 6) is -1.62. The number of benzene rings is 2. The van der Waals surface area contributed by atoms with E-state index in [0.717, 1.165) is 4.90 Å². The molecular weight excluding hydrogens is 440 g/mol. The highest BCUT2D eigenvalue weighted by Crippen LogP contribution is 2.45. The van der Waals surface area contributed by atoms with Gasteiger partial charge in [-0.1, -0.05) is 38.1 Å². The molecule has 1 saturated heterocycles. The van der Waals surface area contributed by atoms with Crippen molar-refractivity contribution in [2.75, 3.05) is 24.3 Å². The van der Waals surface area contributed by atoms with Gasteiger partial charge < -0.3 is 9.64 Å². The summed E-state index contributed by atoms with van der Waals surface area (Å²) in [6.45, 7) is 3.69. The first kappa shape index (κ1) is 23.0. The summed E-state index contributed by atoms with van der Waals surface area (Å²) < 4.78 is 5.50. The summed E-state index contributed by atoms with van der Waals surface area (Å²) in [6, 6.07) is 13.8. The highest BCUT2D eigenvalue weighted by molar-refractivity contribution is 7.98. The van der Waals surface area contributed by atoms with Crippen LogP contribution in [0.1, 0.15) is 47.4 Å². The molecule has 7 nitrogen and oxygen atoms in total. The number of Topliss-reactive ketones (excluding diaryl/α,β-unsaturated/α-hetero) is 1. The number of para-hydroxylation sites is 1. The second-order valence-corrected chi connectivity index (χ2v) is 9.48. The minimum absolute atomic E-state index is 0.0537. The van der Waals surface area contributed by atoms with E-state index in [1.54, 1.807) is 48.2 Å². The first-order chi connectivity index (χ1) is 15.8. The maximum absolute atomic E-state index is 13.6. The molecule has 4 rings (SSSR count). The summed E-state index contributed by atoms with van der Waals surface area (Å²) in [5.41, 5.74) is -0.375. The molecule has 2 heterocycles. The molecule has 2 aromatic rings. The minimum atomic E-state index is -1.59. The fourth-order valence-electron chi connectivity index (χ4n) is 4.47. The van der Waals surface area contributed by atoms with E-state index in [1.165, 1.54) is 9.80 Å². The van der Waals surface area contributed by atoms with Crippen molar-refractivity contribution in [1.29, 1.82) is 0 Å². The average Bonchev–Trinajstić information content (AvgIpc) is 3.18. The Labute approximate surface area is 197 Å². The summed E-state index contributed by atoms with van der Waals surface area (Å²) in [5, 5.41) is 0. The molecule has 0 N–H and O–H groups in total. The fraction of sp³-hybridized carbons (Fsp3) is 0.360. The van der Waals surface area contributed by atoms with Gasteiger partial charge in [-0.15, -0.1) is 11.8 Å². The van der Waals surface area contributed by atoms with Crippen LogP contribution in [-0.2, 0) is 14.3 Å². The first-order valence-corrected chi connectivity index (χ1v) is 12.1. The second-order valence-electron chi connectivity index (χ2n) is 8.60. The lowest BCUT2D eigenvalue weighted by Crippen LogP contribution is -2.69. The molecule has 1 fully saturated rings.